The first kappa shape index (κ1) is 21.6. The van der Waals surface area contributed by atoms with Crippen LogP contribution in [0.25, 0.3) is 0 Å². The van der Waals surface area contributed by atoms with Crippen molar-refractivity contribution in [2.75, 3.05) is 32.7 Å². The number of rotatable bonds is 7. The first-order valence-corrected chi connectivity index (χ1v) is 10.2. The molecule has 0 unspecified atom stereocenters. The van der Waals surface area contributed by atoms with Gasteiger partial charge in [-0.2, -0.15) is 0 Å². The number of methoxy groups -OCH3 is 2. The first-order valence-electron chi connectivity index (χ1n) is 10.2. The van der Waals surface area contributed by atoms with Crippen LogP contribution in [0.3, 0.4) is 0 Å². The monoisotopic (exact) mass is 411 g/mol. The van der Waals surface area contributed by atoms with Crippen LogP contribution in [-0.4, -0.2) is 45.3 Å². The summed E-state index contributed by atoms with van der Waals surface area (Å²) in [5, 5.41) is 6.17. The van der Waals surface area contributed by atoms with Crippen molar-refractivity contribution in [3.8, 4) is 11.5 Å². The Bertz CT molecular complexity index is 870. The van der Waals surface area contributed by atoms with Crippen LogP contribution in [0.4, 0.5) is 5.69 Å². The molecule has 1 fully saturated rings. The minimum Gasteiger partial charge on any atom is -0.497 e. The van der Waals surface area contributed by atoms with Gasteiger partial charge in [0.1, 0.15) is 11.5 Å². The number of anilines is 1. The molecule has 7 heteroatoms. The van der Waals surface area contributed by atoms with Crippen molar-refractivity contribution in [1.82, 2.24) is 5.32 Å². The second kappa shape index (κ2) is 10.6. The molecule has 1 heterocycles. The third-order valence-electron chi connectivity index (χ3n) is 4.97. The largest absolute Gasteiger partial charge is 0.497 e. The second-order valence-corrected chi connectivity index (χ2v) is 7.02. The summed E-state index contributed by atoms with van der Waals surface area (Å²) in [6, 6.07) is 13.0. The number of nitrogens with one attached hydrogen (secondary N) is 2. The summed E-state index contributed by atoms with van der Waals surface area (Å²) in [4.78, 5) is 17.6. The number of ether oxygens (including phenoxy) is 3. The molecule has 1 amide bonds. The molecule has 0 aromatic heterocycles. The molecular formula is C23H29N3O4. The van der Waals surface area contributed by atoms with Gasteiger partial charge in [0, 0.05) is 23.9 Å². The Morgan fingerprint density at radius 2 is 1.90 bits per heavy atom. The van der Waals surface area contributed by atoms with Gasteiger partial charge in [-0.15, -0.1) is 0 Å². The molecule has 1 atom stereocenters. The van der Waals surface area contributed by atoms with Crippen LogP contribution in [-0.2, 0) is 11.2 Å². The Hall–Kier alpha value is -3.06. The minimum absolute atomic E-state index is 0.0806. The van der Waals surface area contributed by atoms with Crippen LogP contribution < -0.4 is 20.1 Å². The van der Waals surface area contributed by atoms with Gasteiger partial charge in [-0.3, -0.25) is 10.1 Å². The van der Waals surface area contributed by atoms with E-state index in [0.717, 1.165) is 37.1 Å². The number of nitrogens with zero attached hydrogens (tertiary/aromatic N) is 1. The average molecular weight is 412 g/mol. The zero-order valence-electron chi connectivity index (χ0n) is 17.7. The molecule has 0 aliphatic carbocycles. The summed E-state index contributed by atoms with van der Waals surface area (Å²) < 4.78 is 16.2. The van der Waals surface area contributed by atoms with Crippen molar-refractivity contribution in [3.63, 3.8) is 0 Å². The number of benzene rings is 2. The number of para-hydroxylation sites is 1. The Balaban J connectivity index is 1.82. The molecule has 0 saturated carbocycles. The SMILES string of the molecule is CCc1ccccc1NC(=NC[C@H]1CCCO1)NC(=O)c1cc(OC)cc(OC)c1. The lowest BCUT2D eigenvalue weighted by Gasteiger charge is -2.16. The van der Waals surface area contributed by atoms with Gasteiger partial charge in [-0.05, 0) is 43.0 Å². The van der Waals surface area contributed by atoms with E-state index >= 15 is 0 Å². The number of hydrogen-bond acceptors (Lipinski definition) is 5. The lowest BCUT2D eigenvalue weighted by atomic mass is 10.1. The lowest BCUT2D eigenvalue weighted by molar-refractivity contribution is 0.0975. The summed E-state index contributed by atoms with van der Waals surface area (Å²) in [5.74, 6) is 1.17. The highest BCUT2D eigenvalue weighted by Gasteiger charge is 2.17. The Labute approximate surface area is 177 Å². The van der Waals surface area contributed by atoms with E-state index in [0.29, 0.717) is 29.6 Å². The van der Waals surface area contributed by atoms with E-state index in [1.165, 1.54) is 0 Å². The van der Waals surface area contributed by atoms with Gasteiger partial charge in [0.05, 0.1) is 26.9 Å². The number of aliphatic imine (C=N–C) groups is 1. The number of aryl methyl sites for hydroxylation is 1. The van der Waals surface area contributed by atoms with Crippen molar-refractivity contribution in [2.24, 2.45) is 4.99 Å². The normalized spacial score (nSPS) is 16.2. The summed E-state index contributed by atoms with van der Waals surface area (Å²) in [6.45, 7) is 3.33. The van der Waals surface area contributed by atoms with E-state index in [1.807, 2.05) is 18.2 Å². The van der Waals surface area contributed by atoms with E-state index in [9.17, 15) is 4.79 Å². The number of hydrogen-bond donors (Lipinski definition) is 2. The van der Waals surface area contributed by atoms with Crippen LogP contribution in [0.2, 0.25) is 0 Å². The van der Waals surface area contributed by atoms with Crippen molar-refractivity contribution in [2.45, 2.75) is 32.3 Å². The van der Waals surface area contributed by atoms with E-state index < -0.39 is 0 Å². The number of carbonyl (C=O) groups excluding carboxylic acids is 1. The quantitative estimate of drug-likeness (QED) is 0.537. The standard InChI is InChI=1S/C23H29N3O4/c1-4-16-8-5-6-10-21(16)25-23(24-15-18-9-7-11-30-18)26-22(27)17-12-19(28-2)14-20(13-17)29-3/h5-6,8,10,12-14,18H,4,7,9,11,15H2,1-3H3,(H2,24,25,26,27)/t18-/m1/s1. The van der Waals surface area contributed by atoms with Gasteiger partial charge in [0.25, 0.3) is 5.91 Å². The molecular weight excluding hydrogens is 382 g/mol. The molecule has 1 saturated heterocycles. The van der Waals surface area contributed by atoms with Gasteiger partial charge < -0.3 is 19.5 Å². The van der Waals surface area contributed by atoms with Crippen molar-refractivity contribution in [1.29, 1.82) is 0 Å². The average Bonchev–Trinajstić information content (AvgIpc) is 3.31. The molecule has 0 spiro atoms. The Kier molecular flexibility index (Phi) is 7.68. The predicted molar refractivity (Wildman–Crippen MR) is 118 cm³/mol. The van der Waals surface area contributed by atoms with E-state index in [4.69, 9.17) is 14.2 Å². The number of carbonyl (C=O) groups is 1. The highest BCUT2D eigenvalue weighted by molar-refractivity contribution is 6.10. The van der Waals surface area contributed by atoms with Crippen molar-refractivity contribution < 1.29 is 19.0 Å². The fourth-order valence-electron chi connectivity index (χ4n) is 3.29. The molecule has 0 bridgehead atoms. The van der Waals surface area contributed by atoms with E-state index in [-0.39, 0.29) is 12.0 Å². The topological polar surface area (TPSA) is 81.2 Å². The molecule has 2 aromatic carbocycles. The molecule has 160 valence electrons. The van der Waals surface area contributed by atoms with Gasteiger partial charge >= 0.3 is 0 Å². The number of amides is 1. The molecule has 30 heavy (non-hydrogen) atoms. The molecule has 2 aromatic rings. The van der Waals surface area contributed by atoms with Gasteiger partial charge in [-0.1, -0.05) is 25.1 Å². The zero-order valence-corrected chi connectivity index (χ0v) is 17.7. The van der Waals surface area contributed by atoms with Crippen LogP contribution in [0.5, 0.6) is 11.5 Å². The highest BCUT2D eigenvalue weighted by atomic mass is 16.5. The maximum atomic E-state index is 13.0. The third kappa shape index (κ3) is 5.73. The summed E-state index contributed by atoms with van der Waals surface area (Å²) in [6.07, 6.45) is 2.96. The molecule has 0 radical (unpaired) electrons. The van der Waals surface area contributed by atoms with Crippen LogP contribution in [0, 0.1) is 0 Å². The van der Waals surface area contributed by atoms with Gasteiger partial charge in [0.2, 0.25) is 5.96 Å². The lowest BCUT2D eigenvalue weighted by Crippen LogP contribution is -2.37. The van der Waals surface area contributed by atoms with Crippen molar-refractivity contribution in [3.05, 3.63) is 53.6 Å². The molecule has 7 nitrogen and oxygen atoms in total. The Morgan fingerprint density at radius 1 is 1.17 bits per heavy atom. The van der Waals surface area contributed by atoms with Crippen LogP contribution in [0.1, 0.15) is 35.7 Å². The fourth-order valence-corrected chi connectivity index (χ4v) is 3.29. The zero-order chi connectivity index (χ0) is 21.3. The highest BCUT2D eigenvalue weighted by Crippen LogP contribution is 2.22. The summed E-state index contributed by atoms with van der Waals surface area (Å²) in [7, 11) is 3.10. The third-order valence-corrected chi connectivity index (χ3v) is 4.97. The summed E-state index contributed by atoms with van der Waals surface area (Å²) >= 11 is 0. The first-order chi connectivity index (χ1) is 14.6. The Morgan fingerprint density at radius 3 is 2.53 bits per heavy atom. The molecule has 3 rings (SSSR count). The molecule has 1 aliphatic heterocycles. The maximum Gasteiger partial charge on any atom is 0.258 e. The predicted octanol–water partition coefficient (Wildman–Crippen LogP) is 3.64. The minimum atomic E-state index is -0.306. The summed E-state index contributed by atoms with van der Waals surface area (Å²) in [5.41, 5.74) is 2.47. The molecule has 2 N–H and O–H groups in total. The molecule has 1 aliphatic rings. The van der Waals surface area contributed by atoms with Crippen LogP contribution >= 0.6 is 0 Å². The number of guanidine groups is 1. The van der Waals surface area contributed by atoms with E-state index in [1.54, 1.807) is 32.4 Å². The maximum absolute atomic E-state index is 13.0. The van der Waals surface area contributed by atoms with Gasteiger partial charge in [-0.25, -0.2) is 4.99 Å². The van der Waals surface area contributed by atoms with E-state index in [2.05, 4.69) is 28.6 Å². The second-order valence-electron chi connectivity index (χ2n) is 7.02. The van der Waals surface area contributed by atoms with Gasteiger partial charge in [0.15, 0.2) is 0 Å². The van der Waals surface area contributed by atoms with Crippen LogP contribution in [0.15, 0.2) is 47.5 Å². The van der Waals surface area contributed by atoms with Crippen molar-refractivity contribution >= 4 is 17.6 Å². The smallest absolute Gasteiger partial charge is 0.258 e. The fraction of sp³-hybridized carbons (Fsp3) is 0.391.